The van der Waals surface area contributed by atoms with Crippen LogP contribution in [0.2, 0.25) is 0 Å². The summed E-state index contributed by atoms with van der Waals surface area (Å²) < 4.78 is 1.56. The third-order valence-corrected chi connectivity index (χ3v) is 6.15. The lowest BCUT2D eigenvalue weighted by Crippen LogP contribution is -2.33. The average Bonchev–Trinajstić information content (AvgIpc) is 3.31. The summed E-state index contributed by atoms with van der Waals surface area (Å²) in [5.74, 6) is 0.308. The molecule has 5 rings (SSSR count). The van der Waals surface area contributed by atoms with Crippen molar-refractivity contribution in [2.24, 2.45) is 5.73 Å². The first kappa shape index (κ1) is 22.4. The Hall–Kier alpha value is -4.42. The standard InChI is InChI=1S/C26H26N8O/c27-15-17-6-10-21(11-7-17)32-26(35)23-16-29-25-22(30-19-4-2-1-3-5-19)14-24(33-34(23)25)31-20-12-8-18(28)9-13-20/h1-7,10-11,14,16,18,20,30H,8-9,12-13,28H2,(H,31,33)(H,32,35). The number of carbonyl (C=O) groups is 1. The van der Waals surface area contributed by atoms with Crippen molar-refractivity contribution in [3.05, 3.63) is 78.1 Å². The number of anilines is 4. The van der Waals surface area contributed by atoms with Crippen LogP contribution in [0.15, 0.2) is 66.9 Å². The van der Waals surface area contributed by atoms with Crippen LogP contribution in [-0.2, 0) is 0 Å². The van der Waals surface area contributed by atoms with Crippen molar-refractivity contribution in [3.63, 3.8) is 0 Å². The van der Waals surface area contributed by atoms with Crippen LogP contribution in [0.4, 0.5) is 22.9 Å². The van der Waals surface area contributed by atoms with Gasteiger partial charge in [-0.05, 0) is 62.1 Å². The van der Waals surface area contributed by atoms with Crippen LogP contribution in [0.1, 0.15) is 41.7 Å². The third kappa shape index (κ3) is 5.08. The number of para-hydroxylation sites is 1. The topological polar surface area (TPSA) is 133 Å². The number of nitrogens with one attached hydrogen (secondary N) is 3. The van der Waals surface area contributed by atoms with E-state index < -0.39 is 0 Å². The first-order valence-electron chi connectivity index (χ1n) is 11.6. The summed E-state index contributed by atoms with van der Waals surface area (Å²) in [5.41, 5.74) is 9.65. The maximum absolute atomic E-state index is 13.1. The molecule has 1 aliphatic rings. The summed E-state index contributed by atoms with van der Waals surface area (Å²) in [7, 11) is 0. The van der Waals surface area contributed by atoms with Gasteiger partial charge < -0.3 is 21.7 Å². The summed E-state index contributed by atoms with van der Waals surface area (Å²) in [4.78, 5) is 17.6. The Morgan fingerprint density at radius 1 is 1.03 bits per heavy atom. The molecular formula is C26H26N8O. The Labute approximate surface area is 203 Å². The zero-order chi connectivity index (χ0) is 24.2. The van der Waals surface area contributed by atoms with Gasteiger partial charge in [-0.15, -0.1) is 5.10 Å². The molecule has 0 unspecified atom stereocenters. The molecule has 0 radical (unpaired) electrons. The average molecular weight is 467 g/mol. The predicted octanol–water partition coefficient (Wildman–Crippen LogP) is 4.28. The monoisotopic (exact) mass is 466 g/mol. The van der Waals surface area contributed by atoms with Crippen LogP contribution in [0.3, 0.4) is 0 Å². The predicted molar refractivity (Wildman–Crippen MR) is 136 cm³/mol. The minimum Gasteiger partial charge on any atom is -0.366 e. The molecule has 2 heterocycles. The van der Waals surface area contributed by atoms with Crippen molar-refractivity contribution in [3.8, 4) is 6.07 Å². The lowest BCUT2D eigenvalue weighted by atomic mass is 9.92. The molecule has 2 aromatic heterocycles. The molecule has 4 aromatic rings. The quantitative estimate of drug-likeness (QED) is 0.333. The summed E-state index contributed by atoms with van der Waals surface area (Å²) in [5, 5.41) is 23.5. The van der Waals surface area contributed by atoms with Gasteiger partial charge in [0.25, 0.3) is 5.91 Å². The van der Waals surface area contributed by atoms with Gasteiger partial charge in [0.1, 0.15) is 5.82 Å². The number of hydrogen-bond donors (Lipinski definition) is 4. The number of imidazole rings is 1. The minimum atomic E-state index is -0.346. The molecule has 0 aliphatic heterocycles. The molecule has 1 fully saturated rings. The molecule has 0 bridgehead atoms. The lowest BCUT2D eigenvalue weighted by molar-refractivity contribution is 0.102. The van der Waals surface area contributed by atoms with E-state index in [9.17, 15) is 4.79 Å². The fourth-order valence-electron chi connectivity index (χ4n) is 4.26. The zero-order valence-electron chi connectivity index (χ0n) is 19.1. The Morgan fingerprint density at radius 2 is 1.77 bits per heavy atom. The van der Waals surface area contributed by atoms with E-state index in [1.807, 2.05) is 36.4 Å². The highest BCUT2D eigenvalue weighted by Gasteiger charge is 2.21. The summed E-state index contributed by atoms with van der Waals surface area (Å²) in [6.45, 7) is 0. The Kier molecular flexibility index (Phi) is 6.28. The maximum atomic E-state index is 13.1. The van der Waals surface area contributed by atoms with Gasteiger partial charge in [0.05, 0.1) is 23.5 Å². The number of nitriles is 1. The number of amides is 1. The molecule has 2 aromatic carbocycles. The van der Waals surface area contributed by atoms with Gasteiger partial charge >= 0.3 is 0 Å². The van der Waals surface area contributed by atoms with E-state index in [1.165, 1.54) is 6.20 Å². The van der Waals surface area contributed by atoms with Crippen molar-refractivity contribution >= 4 is 34.4 Å². The number of fused-ring (bicyclic) bond motifs is 1. The number of benzene rings is 2. The van der Waals surface area contributed by atoms with Gasteiger partial charge in [-0.3, -0.25) is 4.79 Å². The summed E-state index contributed by atoms with van der Waals surface area (Å²) in [6.07, 6.45) is 5.40. The Balaban J connectivity index is 1.47. The van der Waals surface area contributed by atoms with Crippen LogP contribution < -0.4 is 21.7 Å². The molecule has 0 spiro atoms. The maximum Gasteiger partial charge on any atom is 0.276 e. The second-order valence-electron chi connectivity index (χ2n) is 8.71. The van der Waals surface area contributed by atoms with E-state index in [-0.39, 0.29) is 18.0 Å². The second-order valence-corrected chi connectivity index (χ2v) is 8.71. The molecule has 35 heavy (non-hydrogen) atoms. The van der Waals surface area contributed by atoms with E-state index in [2.05, 4.69) is 27.0 Å². The summed E-state index contributed by atoms with van der Waals surface area (Å²) in [6, 6.07) is 21.0. The third-order valence-electron chi connectivity index (χ3n) is 6.15. The van der Waals surface area contributed by atoms with Crippen LogP contribution in [-0.4, -0.2) is 32.6 Å². The molecule has 1 aliphatic carbocycles. The first-order valence-corrected chi connectivity index (χ1v) is 11.6. The molecule has 176 valence electrons. The number of hydrogen-bond acceptors (Lipinski definition) is 7. The van der Waals surface area contributed by atoms with E-state index in [4.69, 9.17) is 16.1 Å². The molecule has 1 amide bonds. The fourth-order valence-corrected chi connectivity index (χ4v) is 4.26. The molecule has 5 N–H and O–H groups in total. The molecule has 1 saturated carbocycles. The highest BCUT2D eigenvalue weighted by molar-refractivity contribution is 6.03. The molecule has 9 heteroatoms. The van der Waals surface area contributed by atoms with Crippen LogP contribution in [0.5, 0.6) is 0 Å². The fraction of sp³-hybridized carbons (Fsp3) is 0.231. The molecular weight excluding hydrogens is 440 g/mol. The number of nitrogens with zero attached hydrogens (tertiary/aromatic N) is 4. The normalized spacial score (nSPS) is 17.5. The number of aromatic nitrogens is 3. The molecule has 0 saturated heterocycles. The number of nitrogens with two attached hydrogens (primary N) is 1. The van der Waals surface area contributed by atoms with Gasteiger partial charge in [0, 0.05) is 29.5 Å². The Morgan fingerprint density at radius 3 is 2.49 bits per heavy atom. The van der Waals surface area contributed by atoms with Crippen LogP contribution in [0.25, 0.3) is 5.65 Å². The largest absolute Gasteiger partial charge is 0.366 e. The van der Waals surface area contributed by atoms with Gasteiger partial charge in [0.15, 0.2) is 11.3 Å². The molecule has 0 atom stereocenters. The highest BCUT2D eigenvalue weighted by Crippen LogP contribution is 2.27. The van der Waals surface area contributed by atoms with E-state index >= 15 is 0 Å². The van der Waals surface area contributed by atoms with Gasteiger partial charge in [-0.1, -0.05) is 18.2 Å². The summed E-state index contributed by atoms with van der Waals surface area (Å²) >= 11 is 0. The van der Waals surface area contributed by atoms with Crippen molar-refractivity contribution in [1.29, 1.82) is 5.26 Å². The van der Waals surface area contributed by atoms with Crippen molar-refractivity contribution < 1.29 is 4.79 Å². The van der Waals surface area contributed by atoms with Crippen molar-refractivity contribution in [1.82, 2.24) is 14.6 Å². The van der Waals surface area contributed by atoms with Crippen molar-refractivity contribution in [2.45, 2.75) is 37.8 Å². The number of rotatable bonds is 6. The van der Waals surface area contributed by atoms with Crippen LogP contribution in [0, 0.1) is 11.3 Å². The first-order chi connectivity index (χ1) is 17.1. The van der Waals surface area contributed by atoms with E-state index in [1.54, 1.807) is 28.8 Å². The smallest absolute Gasteiger partial charge is 0.276 e. The van der Waals surface area contributed by atoms with E-state index in [0.29, 0.717) is 28.4 Å². The number of carbonyl (C=O) groups excluding carboxylic acids is 1. The highest BCUT2D eigenvalue weighted by atomic mass is 16.2. The van der Waals surface area contributed by atoms with Crippen molar-refractivity contribution in [2.75, 3.05) is 16.0 Å². The van der Waals surface area contributed by atoms with Gasteiger partial charge in [-0.25, -0.2) is 9.50 Å². The van der Waals surface area contributed by atoms with E-state index in [0.717, 1.165) is 37.1 Å². The van der Waals surface area contributed by atoms with Crippen LogP contribution >= 0.6 is 0 Å². The minimum absolute atomic E-state index is 0.255. The lowest BCUT2D eigenvalue weighted by Gasteiger charge is -2.27. The zero-order valence-corrected chi connectivity index (χ0v) is 19.1. The Bertz CT molecular complexity index is 1370. The molecule has 9 nitrogen and oxygen atoms in total. The van der Waals surface area contributed by atoms with Gasteiger partial charge in [0.2, 0.25) is 0 Å². The van der Waals surface area contributed by atoms with Gasteiger partial charge in [-0.2, -0.15) is 5.26 Å². The second kappa shape index (κ2) is 9.83. The SMILES string of the molecule is N#Cc1ccc(NC(=O)c2cnc3c(Nc4ccccc4)cc(NC4CCC(N)CC4)nn23)cc1.